The molecule has 1 aromatic carbocycles. The molecule has 7 heteroatoms. The van der Waals surface area contributed by atoms with Crippen LogP contribution in [0.2, 0.25) is 0 Å². The van der Waals surface area contributed by atoms with Gasteiger partial charge in [0, 0.05) is 37.1 Å². The molecule has 140 valence electrons. The van der Waals surface area contributed by atoms with E-state index in [1.54, 1.807) is 13.4 Å². The van der Waals surface area contributed by atoms with Gasteiger partial charge in [0.25, 0.3) is 0 Å². The van der Waals surface area contributed by atoms with Crippen LogP contribution in [0.15, 0.2) is 48.1 Å². The number of piperidine rings is 1. The third-order valence-electron chi connectivity index (χ3n) is 5.28. The van der Waals surface area contributed by atoms with Crippen molar-refractivity contribution in [2.45, 2.75) is 24.9 Å². The van der Waals surface area contributed by atoms with Gasteiger partial charge in [-0.2, -0.15) is 0 Å². The highest BCUT2D eigenvalue weighted by atomic mass is 32.1. The maximum absolute atomic E-state index is 5.95. The van der Waals surface area contributed by atoms with Crippen LogP contribution in [0, 0.1) is 0 Å². The van der Waals surface area contributed by atoms with E-state index in [9.17, 15) is 0 Å². The Balaban J connectivity index is 1.61. The number of nitrogen functional groups attached to an aromatic ring is 1. The Bertz CT molecular complexity index is 890. The van der Waals surface area contributed by atoms with Gasteiger partial charge in [-0.25, -0.2) is 15.0 Å². The molecule has 1 aliphatic heterocycles. The van der Waals surface area contributed by atoms with Crippen LogP contribution in [0.5, 0.6) is 0 Å². The summed E-state index contributed by atoms with van der Waals surface area (Å²) >= 11 is 1.51. The van der Waals surface area contributed by atoms with Gasteiger partial charge in [-0.15, -0.1) is 11.3 Å². The van der Waals surface area contributed by atoms with Crippen LogP contribution < -0.4 is 10.6 Å². The van der Waals surface area contributed by atoms with Gasteiger partial charge in [-0.3, -0.25) is 0 Å². The van der Waals surface area contributed by atoms with Gasteiger partial charge in [-0.05, 0) is 18.4 Å². The Kier molecular flexibility index (Phi) is 5.05. The molecule has 0 bridgehead atoms. The Morgan fingerprint density at radius 3 is 2.63 bits per heavy atom. The molecular weight excluding hydrogens is 358 g/mol. The molecule has 3 aromatic rings. The first-order chi connectivity index (χ1) is 13.2. The van der Waals surface area contributed by atoms with Crippen LogP contribution in [-0.2, 0) is 16.8 Å². The molecule has 27 heavy (non-hydrogen) atoms. The Morgan fingerprint density at radius 1 is 1.19 bits per heavy atom. The van der Waals surface area contributed by atoms with Crippen molar-refractivity contribution in [3.63, 3.8) is 0 Å². The zero-order valence-electron chi connectivity index (χ0n) is 15.3. The van der Waals surface area contributed by atoms with Gasteiger partial charge in [0.2, 0.25) is 0 Å². The van der Waals surface area contributed by atoms with Crippen molar-refractivity contribution in [2.75, 3.05) is 30.8 Å². The lowest BCUT2D eigenvalue weighted by Crippen LogP contribution is -2.44. The molecule has 0 amide bonds. The number of aromatic nitrogens is 3. The number of benzene rings is 1. The minimum Gasteiger partial charge on any atom is -0.378 e. The first-order valence-corrected chi connectivity index (χ1v) is 9.91. The summed E-state index contributed by atoms with van der Waals surface area (Å²) in [6.07, 6.45) is 3.54. The van der Waals surface area contributed by atoms with Crippen molar-refractivity contribution < 1.29 is 4.74 Å². The van der Waals surface area contributed by atoms with E-state index in [0.717, 1.165) is 43.1 Å². The number of hydrogen-bond donors (Lipinski definition) is 1. The Hall–Kier alpha value is -2.51. The molecule has 0 unspecified atom stereocenters. The standard InChI is InChI=1S/C20H23N5OS/c1-26-12-16-11-18(23-14-22-16)25-9-7-20(8-10-25,15-5-3-2-4-6-15)17-13-27-19(21)24-17/h2-6,11,13-14H,7-10,12H2,1H3,(H2,21,24). The number of nitrogens with two attached hydrogens (primary N) is 1. The smallest absolute Gasteiger partial charge is 0.180 e. The van der Waals surface area contributed by atoms with E-state index in [2.05, 4.69) is 55.6 Å². The molecule has 4 rings (SSSR count). The van der Waals surface area contributed by atoms with E-state index in [-0.39, 0.29) is 5.41 Å². The van der Waals surface area contributed by atoms with Crippen molar-refractivity contribution in [3.8, 4) is 0 Å². The molecule has 2 N–H and O–H groups in total. The minimum absolute atomic E-state index is 0.103. The number of thiazole rings is 1. The maximum atomic E-state index is 5.95. The van der Waals surface area contributed by atoms with E-state index in [1.165, 1.54) is 16.9 Å². The van der Waals surface area contributed by atoms with Crippen LogP contribution in [0.25, 0.3) is 0 Å². The number of nitrogens with zero attached hydrogens (tertiary/aromatic N) is 4. The van der Waals surface area contributed by atoms with Crippen molar-refractivity contribution in [3.05, 3.63) is 65.1 Å². The summed E-state index contributed by atoms with van der Waals surface area (Å²) in [6, 6.07) is 12.7. The van der Waals surface area contributed by atoms with Crippen LogP contribution in [0.3, 0.4) is 0 Å². The molecule has 1 saturated heterocycles. The summed E-state index contributed by atoms with van der Waals surface area (Å²) in [5, 5.41) is 2.74. The van der Waals surface area contributed by atoms with Gasteiger partial charge in [-0.1, -0.05) is 30.3 Å². The fourth-order valence-corrected chi connectivity index (χ4v) is 4.52. The van der Waals surface area contributed by atoms with Crippen LogP contribution >= 0.6 is 11.3 Å². The number of ether oxygens (including phenoxy) is 1. The highest BCUT2D eigenvalue weighted by molar-refractivity contribution is 7.13. The largest absolute Gasteiger partial charge is 0.378 e. The lowest BCUT2D eigenvalue weighted by Gasteiger charge is -2.42. The van der Waals surface area contributed by atoms with Crippen molar-refractivity contribution in [2.24, 2.45) is 0 Å². The van der Waals surface area contributed by atoms with Crippen molar-refractivity contribution >= 4 is 22.3 Å². The van der Waals surface area contributed by atoms with Gasteiger partial charge in [0.1, 0.15) is 12.1 Å². The molecule has 0 radical (unpaired) electrons. The number of methoxy groups -OCH3 is 1. The highest BCUT2D eigenvalue weighted by Crippen LogP contribution is 2.42. The molecule has 0 aliphatic carbocycles. The fourth-order valence-electron chi connectivity index (χ4n) is 3.86. The third kappa shape index (κ3) is 3.52. The second kappa shape index (κ2) is 7.62. The van der Waals surface area contributed by atoms with Gasteiger partial charge >= 0.3 is 0 Å². The predicted octanol–water partition coefficient (Wildman–Crippen LogP) is 3.25. The summed E-state index contributed by atoms with van der Waals surface area (Å²) in [5.74, 6) is 0.955. The predicted molar refractivity (Wildman–Crippen MR) is 108 cm³/mol. The summed E-state index contributed by atoms with van der Waals surface area (Å²) < 4.78 is 5.19. The van der Waals surface area contributed by atoms with Crippen molar-refractivity contribution in [1.82, 2.24) is 15.0 Å². The molecule has 0 atom stereocenters. The first-order valence-electron chi connectivity index (χ1n) is 9.03. The number of anilines is 2. The minimum atomic E-state index is -0.103. The summed E-state index contributed by atoms with van der Waals surface area (Å²) in [5.41, 5.74) is 9.13. The Labute approximate surface area is 163 Å². The lowest BCUT2D eigenvalue weighted by molar-refractivity contribution is 0.181. The van der Waals surface area contributed by atoms with E-state index in [1.807, 2.05) is 6.07 Å². The van der Waals surface area contributed by atoms with E-state index in [4.69, 9.17) is 10.5 Å². The second-order valence-electron chi connectivity index (χ2n) is 6.81. The van der Waals surface area contributed by atoms with Crippen LogP contribution in [0.1, 0.15) is 29.8 Å². The number of rotatable bonds is 5. The van der Waals surface area contributed by atoms with Gasteiger partial charge < -0.3 is 15.4 Å². The molecule has 2 aromatic heterocycles. The Morgan fingerprint density at radius 2 is 1.96 bits per heavy atom. The first kappa shape index (κ1) is 17.9. The summed E-state index contributed by atoms with van der Waals surface area (Å²) in [4.78, 5) is 15.7. The fraction of sp³-hybridized carbons (Fsp3) is 0.350. The molecule has 6 nitrogen and oxygen atoms in total. The lowest BCUT2D eigenvalue weighted by atomic mass is 9.70. The molecule has 0 saturated carbocycles. The van der Waals surface area contributed by atoms with E-state index in [0.29, 0.717) is 11.7 Å². The van der Waals surface area contributed by atoms with Crippen molar-refractivity contribution in [1.29, 1.82) is 0 Å². The summed E-state index contributed by atoms with van der Waals surface area (Å²) in [6.45, 7) is 2.29. The average Bonchev–Trinajstić information content (AvgIpc) is 3.16. The van der Waals surface area contributed by atoms with E-state index >= 15 is 0 Å². The molecule has 1 aliphatic rings. The molecule has 1 fully saturated rings. The average molecular weight is 382 g/mol. The van der Waals surface area contributed by atoms with E-state index < -0.39 is 0 Å². The molecule has 0 spiro atoms. The van der Waals surface area contributed by atoms with Gasteiger partial charge in [0.05, 0.1) is 18.0 Å². The second-order valence-corrected chi connectivity index (χ2v) is 7.70. The molecular formula is C20H23N5OS. The maximum Gasteiger partial charge on any atom is 0.180 e. The van der Waals surface area contributed by atoms with Gasteiger partial charge in [0.15, 0.2) is 5.13 Å². The summed E-state index contributed by atoms with van der Waals surface area (Å²) in [7, 11) is 1.68. The zero-order valence-corrected chi connectivity index (χ0v) is 16.2. The third-order valence-corrected chi connectivity index (χ3v) is 5.96. The topological polar surface area (TPSA) is 77.2 Å². The van der Waals surface area contributed by atoms with Crippen LogP contribution in [0.4, 0.5) is 10.9 Å². The number of hydrogen-bond acceptors (Lipinski definition) is 7. The normalized spacial score (nSPS) is 16.4. The quantitative estimate of drug-likeness (QED) is 0.731. The zero-order chi connectivity index (χ0) is 18.7. The SMILES string of the molecule is COCc1cc(N2CCC(c3ccccc3)(c3csc(N)n3)CC2)ncn1. The van der Waals surface area contributed by atoms with Crippen LogP contribution in [-0.4, -0.2) is 35.2 Å². The highest BCUT2D eigenvalue weighted by Gasteiger charge is 2.40. The molecule has 3 heterocycles. The monoisotopic (exact) mass is 381 g/mol.